The number of carboxylic acids is 1. The van der Waals surface area contributed by atoms with Gasteiger partial charge in [-0.05, 0) is 159 Å². The van der Waals surface area contributed by atoms with Crippen molar-refractivity contribution in [3.63, 3.8) is 0 Å². The summed E-state index contributed by atoms with van der Waals surface area (Å²) in [6.45, 7) is 9.06. The van der Waals surface area contributed by atoms with Crippen LogP contribution in [0.4, 0.5) is 11.4 Å². The van der Waals surface area contributed by atoms with E-state index in [0.29, 0.717) is 68.6 Å². The summed E-state index contributed by atoms with van der Waals surface area (Å²) in [5.41, 5.74) is 19.0. The summed E-state index contributed by atoms with van der Waals surface area (Å²) >= 11 is 0. The third-order valence-electron chi connectivity index (χ3n) is 15.1. The first-order valence-corrected chi connectivity index (χ1v) is 30.4. The summed E-state index contributed by atoms with van der Waals surface area (Å²) in [6.07, 6.45) is 0.0445. The molecule has 0 unspecified atom stereocenters. The lowest BCUT2D eigenvalue weighted by Gasteiger charge is -2.25. The molecule has 0 radical (unpaired) electrons. The normalized spacial score (nSPS) is 11.0. The molecule has 11 aromatic rings. The van der Waals surface area contributed by atoms with Gasteiger partial charge in [0, 0.05) is 63.4 Å². The van der Waals surface area contributed by atoms with Crippen molar-refractivity contribution >= 4 is 41.0 Å². The lowest BCUT2D eigenvalue weighted by Crippen LogP contribution is -2.38. The van der Waals surface area contributed by atoms with E-state index in [1.54, 1.807) is 119 Å². The predicted molar refractivity (Wildman–Crippen MR) is 363 cm³/mol. The number of methoxy groups -OCH3 is 2. The van der Waals surface area contributed by atoms with Crippen LogP contribution in [0.15, 0.2) is 221 Å². The van der Waals surface area contributed by atoms with Crippen molar-refractivity contribution in [1.29, 1.82) is 0 Å². The maximum Gasteiger partial charge on any atom is 0.326 e. The summed E-state index contributed by atoms with van der Waals surface area (Å²) in [4.78, 5) is 75.8. The summed E-state index contributed by atoms with van der Waals surface area (Å²) in [5, 5.41) is 20.7. The molecule has 0 fully saturated rings. The number of hydrogen-bond acceptors (Lipinski definition) is 15. The van der Waals surface area contributed by atoms with Gasteiger partial charge >= 0.3 is 11.9 Å². The standard InChI is InChI=1S/C41H36N4O7.C35H34N4O4/c1-26-4-8-28(9-5-26)29-12-14-31(15-13-29)40-43-39(44-52-40)30-10-6-27(7-11-30)24-45(25-38(47)48)41(49)32-16-18-34(19-17-32)42-37(46)23-33-22-35(50-2)20-21-36(33)51-3;1-23-5-9-25(10-6-23)26-13-15-28(16-14-26)33-37-32(38-43-33)27-11-7-24(8-12-27)21-39(22-31(40)42-35(2,3)4)34(41)29-17-19-30(36)20-18-29/h4-22H,23-25H2,1-3H3,(H,42,46)(H,47,48);5-20H,21-22,36H2,1-4H3. The molecule has 2 heterocycles. The number of anilines is 2. The second kappa shape index (κ2) is 30.0. The highest BCUT2D eigenvalue weighted by atomic mass is 16.6. The van der Waals surface area contributed by atoms with Gasteiger partial charge in [0.05, 0.1) is 20.6 Å². The van der Waals surface area contributed by atoms with Crippen LogP contribution in [0.3, 0.4) is 0 Å². The number of benzene rings is 9. The second-order valence-electron chi connectivity index (χ2n) is 23.5. The molecule has 9 aromatic carbocycles. The molecule has 0 aliphatic rings. The van der Waals surface area contributed by atoms with Crippen LogP contribution in [-0.2, 0) is 38.6 Å². The fraction of sp³-hybridized carbons (Fsp3) is 0.171. The molecular weight excluding hydrogens is 1200 g/mol. The van der Waals surface area contributed by atoms with Gasteiger partial charge in [-0.25, -0.2) is 0 Å². The molecule has 0 saturated heterocycles. The number of nitrogens with zero attached hydrogens (tertiary/aromatic N) is 6. The Labute approximate surface area is 549 Å². The van der Waals surface area contributed by atoms with Gasteiger partial charge in [0.2, 0.25) is 17.6 Å². The molecule has 3 amide bonds. The zero-order valence-electron chi connectivity index (χ0n) is 53.5. The fourth-order valence-electron chi connectivity index (χ4n) is 10.2. The Morgan fingerprint density at radius 2 is 0.916 bits per heavy atom. The van der Waals surface area contributed by atoms with Crippen molar-refractivity contribution in [3.8, 4) is 79.4 Å². The number of nitrogens with one attached hydrogen (secondary N) is 1. The second-order valence-corrected chi connectivity index (χ2v) is 23.5. The van der Waals surface area contributed by atoms with E-state index in [0.717, 1.165) is 44.5 Å². The number of ether oxygens (including phenoxy) is 3. The Bertz CT molecular complexity index is 4450. The Kier molecular flexibility index (Phi) is 20.8. The SMILES string of the molecule is COc1ccc(OC)c(CC(=O)Nc2ccc(C(=O)N(CC(=O)O)Cc3ccc(-c4noc(-c5ccc(-c6ccc(C)cc6)cc5)n4)cc3)cc2)c1.Cc1ccc(-c2ccc(-c3nc(-c4ccc(CN(CC(=O)OC(C)(C)C)C(=O)c5ccc(N)cc5)cc4)no3)cc2)cc1. The van der Waals surface area contributed by atoms with Gasteiger partial charge < -0.3 is 49.2 Å². The Balaban J connectivity index is 0.000000211. The zero-order chi connectivity index (χ0) is 67.2. The molecule has 19 nitrogen and oxygen atoms in total. The van der Waals surface area contributed by atoms with Crippen molar-refractivity contribution in [1.82, 2.24) is 30.1 Å². The average molecular weight is 1270 g/mol. The maximum absolute atomic E-state index is 13.4. The number of carbonyl (C=O) groups is 5. The van der Waals surface area contributed by atoms with Crippen LogP contribution in [0.1, 0.15) is 69.3 Å². The van der Waals surface area contributed by atoms with E-state index < -0.39 is 30.0 Å². The summed E-state index contributed by atoms with van der Waals surface area (Å²) < 4.78 is 27.2. The van der Waals surface area contributed by atoms with Gasteiger partial charge in [-0.1, -0.05) is 143 Å². The largest absolute Gasteiger partial charge is 0.497 e. The third-order valence-corrected chi connectivity index (χ3v) is 15.1. The number of aromatic nitrogens is 4. The maximum atomic E-state index is 13.4. The number of nitrogens with two attached hydrogens (primary N) is 1. The van der Waals surface area contributed by atoms with Crippen molar-refractivity contribution in [3.05, 3.63) is 251 Å². The molecule has 0 bridgehead atoms. The first-order chi connectivity index (χ1) is 45.7. The number of carboxylic acid groups (broad SMARTS) is 1. The number of amides is 3. The van der Waals surface area contributed by atoms with E-state index in [9.17, 15) is 29.1 Å². The van der Waals surface area contributed by atoms with Crippen molar-refractivity contribution in [2.24, 2.45) is 0 Å². The molecule has 2 aromatic heterocycles. The van der Waals surface area contributed by atoms with Gasteiger partial charge in [-0.2, -0.15) is 9.97 Å². The van der Waals surface area contributed by atoms with Gasteiger partial charge in [0.15, 0.2) is 0 Å². The van der Waals surface area contributed by atoms with Crippen LogP contribution in [0, 0.1) is 13.8 Å². The molecule has 11 rings (SSSR count). The van der Waals surface area contributed by atoms with Crippen LogP contribution in [0.25, 0.3) is 67.9 Å². The van der Waals surface area contributed by atoms with Crippen molar-refractivity contribution in [2.45, 2.75) is 59.7 Å². The lowest BCUT2D eigenvalue weighted by atomic mass is 10.0. The topological polar surface area (TPSA) is 256 Å². The minimum Gasteiger partial charge on any atom is -0.497 e. The molecular formula is C76H70N8O11. The van der Waals surface area contributed by atoms with E-state index in [1.807, 2.05) is 72.8 Å². The van der Waals surface area contributed by atoms with E-state index in [1.165, 1.54) is 28.0 Å². The van der Waals surface area contributed by atoms with Crippen molar-refractivity contribution in [2.75, 3.05) is 38.4 Å². The minimum atomic E-state index is -1.15. The summed E-state index contributed by atoms with van der Waals surface area (Å²) in [7, 11) is 3.07. The molecule has 0 aliphatic carbocycles. The van der Waals surface area contributed by atoms with Gasteiger partial charge in [0.25, 0.3) is 23.6 Å². The van der Waals surface area contributed by atoms with E-state index >= 15 is 0 Å². The fourth-order valence-corrected chi connectivity index (χ4v) is 10.2. The van der Waals surface area contributed by atoms with Crippen LogP contribution >= 0.6 is 0 Å². The number of hydrogen-bond donors (Lipinski definition) is 3. The molecule has 480 valence electrons. The smallest absolute Gasteiger partial charge is 0.326 e. The quantitative estimate of drug-likeness (QED) is 0.0446. The molecule has 0 saturated carbocycles. The summed E-state index contributed by atoms with van der Waals surface area (Å²) in [6, 6.07) is 65.4. The highest BCUT2D eigenvalue weighted by Crippen LogP contribution is 2.30. The number of carbonyl (C=O) groups excluding carboxylic acids is 4. The van der Waals surface area contributed by atoms with E-state index in [4.69, 9.17) is 29.0 Å². The Morgan fingerprint density at radius 3 is 1.34 bits per heavy atom. The lowest BCUT2D eigenvalue weighted by molar-refractivity contribution is -0.155. The number of aryl methyl sites for hydroxylation is 2. The average Bonchev–Trinajstić information content (AvgIpc) is 1.85. The Morgan fingerprint density at radius 1 is 0.505 bits per heavy atom. The third kappa shape index (κ3) is 17.7. The molecule has 0 aliphatic heterocycles. The number of nitrogen functional groups attached to an aromatic ring is 1. The molecule has 95 heavy (non-hydrogen) atoms. The molecule has 0 spiro atoms. The van der Waals surface area contributed by atoms with Gasteiger partial charge in [0.1, 0.15) is 30.2 Å². The first-order valence-electron chi connectivity index (χ1n) is 30.4. The van der Waals surface area contributed by atoms with Crippen LogP contribution in [0.5, 0.6) is 11.5 Å². The van der Waals surface area contributed by atoms with Gasteiger partial charge in [-0.15, -0.1) is 0 Å². The number of esters is 1. The predicted octanol–water partition coefficient (Wildman–Crippen LogP) is 14.2. The molecule has 4 N–H and O–H groups in total. The molecule has 0 atom stereocenters. The minimum absolute atomic E-state index is 0.0445. The number of aliphatic carboxylic acids is 1. The highest BCUT2D eigenvalue weighted by molar-refractivity contribution is 5.98. The van der Waals surface area contributed by atoms with E-state index in [-0.39, 0.29) is 43.4 Å². The number of rotatable bonds is 21. The summed E-state index contributed by atoms with van der Waals surface area (Å²) in [5.74, 6) is 0.134. The van der Waals surface area contributed by atoms with E-state index in [2.05, 4.69) is 88.0 Å². The molecule has 19 heteroatoms. The first kappa shape index (κ1) is 65.9. The van der Waals surface area contributed by atoms with Crippen LogP contribution in [-0.4, -0.2) is 97.8 Å². The van der Waals surface area contributed by atoms with Crippen LogP contribution in [0.2, 0.25) is 0 Å². The van der Waals surface area contributed by atoms with Gasteiger partial charge in [-0.3, -0.25) is 24.0 Å². The zero-order valence-corrected chi connectivity index (χ0v) is 53.5. The van der Waals surface area contributed by atoms with Crippen molar-refractivity contribution < 1.29 is 52.3 Å². The highest BCUT2D eigenvalue weighted by Gasteiger charge is 2.25. The monoisotopic (exact) mass is 1270 g/mol. The van der Waals surface area contributed by atoms with Crippen LogP contribution < -0.4 is 20.5 Å². The Hall–Kier alpha value is -12.0.